The number of hydrogen-bond donors (Lipinski definition) is 1. The highest BCUT2D eigenvalue weighted by molar-refractivity contribution is 7.19. The minimum absolute atomic E-state index is 0.0679. The summed E-state index contributed by atoms with van der Waals surface area (Å²) in [6, 6.07) is 9.86. The fourth-order valence-electron chi connectivity index (χ4n) is 6.19. The lowest BCUT2D eigenvalue weighted by atomic mass is 9.79. The number of hydrogen-bond acceptors (Lipinski definition) is 9. The van der Waals surface area contributed by atoms with Crippen molar-refractivity contribution in [1.82, 2.24) is 24.8 Å². The molecule has 3 aromatic heterocycles. The first-order chi connectivity index (χ1) is 20.9. The average Bonchev–Trinajstić information content (AvgIpc) is 3.38. The summed E-state index contributed by atoms with van der Waals surface area (Å²) in [5.74, 6) is 2.34. The number of carbonyl (C=O) groups excluding carboxylic acids is 1. The summed E-state index contributed by atoms with van der Waals surface area (Å²) >= 11 is 1.65. The molecule has 2 aliphatic heterocycles. The van der Waals surface area contributed by atoms with Gasteiger partial charge >= 0.3 is 0 Å². The fourth-order valence-corrected chi connectivity index (χ4v) is 7.39. The van der Waals surface area contributed by atoms with Crippen LogP contribution in [0.1, 0.15) is 41.0 Å². The van der Waals surface area contributed by atoms with Crippen LogP contribution in [-0.4, -0.2) is 69.0 Å². The maximum atomic E-state index is 13.1. The molecule has 1 N–H and O–H groups in total. The molecule has 0 radical (unpaired) electrons. The molecule has 7 rings (SSSR count). The highest BCUT2D eigenvalue weighted by Crippen LogP contribution is 2.39. The normalized spacial score (nSPS) is 18.1. The average molecular weight is 597 g/mol. The van der Waals surface area contributed by atoms with E-state index in [1.54, 1.807) is 29.9 Å². The number of morpholine rings is 1. The van der Waals surface area contributed by atoms with Gasteiger partial charge in [-0.25, -0.2) is 9.97 Å². The van der Waals surface area contributed by atoms with Gasteiger partial charge in [0.1, 0.15) is 28.5 Å². The topological polar surface area (TPSA) is 92.7 Å². The van der Waals surface area contributed by atoms with Crippen molar-refractivity contribution < 1.29 is 14.3 Å². The predicted molar refractivity (Wildman–Crippen MR) is 168 cm³/mol. The van der Waals surface area contributed by atoms with Gasteiger partial charge in [-0.15, -0.1) is 11.3 Å². The molecule has 1 aliphatic carbocycles. The van der Waals surface area contributed by atoms with Gasteiger partial charge in [0.15, 0.2) is 0 Å². The van der Waals surface area contributed by atoms with E-state index in [4.69, 9.17) is 9.47 Å². The lowest BCUT2D eigenvalue weighted by Gasteiger charge is -2.48. The maximum Gasteiger partial charge on any atom is 0.246 e. The van der Waals surface area contributed by atoms with Gasteiger partial charge in [0.05, 0.1) is 30.3 Å². The third kappa shape index (κ3) is 5.87. The Kier molecular flexibility index (Phi) is 7.58. The van der Waals surface area contributed by atoms with Crippen molar-refractivity contribution >= 4 is 39.0 Å². The number of nitrogens with zero attached hydrogens (tertiary/aromatic N) is 5. The fraction of sp³-hybridized carbons (Fsp3) is 0.394. The molecule has 0 unspecified atom stereocenters. The Bertz CT molecular complexity index is 1680. The molecule has 9 nitrogen and oxygen atoms in total. The molecular weight excluding hydrogens is 560 g/mol. The number of pyridine rings is 1. The monoisotopic (exact) mass is 596 g/mol. The highest BCUT2D eigenvalue weighted by atomic mass is 32.1. The molecule has 1 aromatic carbocycles. The third-order valence-corrected chi connectivity index (χ3v) is 9.84. The Balaban J connectivity index is 1.02. The van der Waals surface area contributed by atoms with Crippen LogP contribution in [-0.2, 0) is 22.5 Å². The van der Waals surface area contributed by atoms with E-state index in [1.807, 2.05) is 49.1 Å². The summed E-state index contributed by atoms with van der Waals surface area (Å²) in [6.07, 6.45) is 11.5. The number of ether oxygens (including phenoxy) is 2. The van der Waals surface area contributed by atoms with Gasteiger partial charge in [-0.05, 0) is 81.0 Å². The molecule has 5 heterocycles. The van der Waals surface area contributed by atoms with E-state index in [1.165, 1.54) is 16.9 Å². The van der Waals surface area contributed by atoms with E-state index in [2.05, 4.69) is 31.2 Å². The lowest BCUT2D eigenvalue weighted by molar-refractivity contribution is -0.149. The summed E-state index contributed by atoms with van der Waals surface area (Å²) in [4.78, 5) is 33.1. The molecule has 222 valence electrons. The zero-order valence-corrected chi connectivity index (χ0v) is 25.5. The molecule has 1 saturated carbocycles. The van der Waals surface area contributed by atoms with Gasteiger partial charge in [-0.3, -0.25) is 14.7 Å². The van der Waals surface area contributed by atoms with Gasteiger partial charge in [0.25, 0.3) is 0 Å². The minimum atomic E-state index is 0.0679. The molecule has 1 amide bonds. The number of thiophene rings is 1. The molecule has 2 fully saturated rings. The van der Waals surface area contributed by atoms with E-state index in [0.717, 1.165) is 84.2 Å². The minimum Gasteiger partial charge on any atom is -0.455 e. The van der Waals surface area contributed by atoms with Crippen molar-refractivity contribution in [3.05, 3.63) is 76.7 Å². The third-order valence-electron chi connectivity index (χ3n) is 8.71. The number of fused-ring (bicyclic) bond motifs is 3. The van der Waals surface area contributed by atoms with Crippen LogP contribution in [0, 0.1) is 13.8 Å². The zero-order chi connectivity index (χ0) is 29.4. The Hall–Kier alpha value is -3.86. The second-order valence-electron chi connectivity index (χ2n) is 11.8. The second-order valence-corrected chi connectivity index (χ2v) is 12.9. The number of carbonyl (C=O) groups is 1. The predicted octanol–water partition coefficient (Wildman–Crippen LogP) is 5.93. The molecule has 10 heteroatoms. The van der Waals surface area contributed by atoms with Gasteiger partial charge in [0, 0.05) is 48.5 Å². The van der Waals surface area contributed by atoms with Crippen LogP contribution in [0.4, 0.5) is 11.5 Å². The Labute approximate surface area is 255 Å². The van der Waals surface area contributed by atoms with Crippen LogP contribution in [0.15, 0.2) is 55.0 Å². The molecule has 4 aromatic rings. The Morgan fingerprint density at radius 1 is 1.16 bits per heavy atom. The van der Waals surface area contributed by atoms with Crippen LogP contribution in [0.5, 0.6) is 11.5 Å². The van der Waals surface area contributed by atoms with Crippen molar-refractivity contribution in [2.45, 2.75) is 51.7 Å². The molecule has 43 heavy (non-hydrogen) atoms. The Morgan fingerprint density at radius 2 is 2.07 bits per heavy atom. The maximum absolute atomic E-state index is 13.1. The number of aryl methyl sites for hydroxylation is 2. The number of amides is 1. The first-order valence-corrected chi connectivity index (χ1v) is 15.8. The summed E-state index contributed by atoms with van der Waals surface area (Å²) in [6.45, 7) is 8.72. The van der Waals surface area contributed by atoms with Crippen LogP contribution >= 0.6 is 11.3 Å². The van der Waals surface area contributed by atoms with Crippen LogP contribution in [0.3, 0.4) is 0 Å². The van der Waals surface area contributed by atoms with Crippen molar-refractivity contribution in [2.24, 2.45) is 0 Å². The summed E-state index contributed by atoms with van der Waals surface area (Å²) in [5.41, 5.74) is 4.19. The SMILES string of the molecule is Cc1ccc(Oc2ccc(Nc3ncnc4sc5c(c34)CCN(C(=O)/C=C/CN3CCOC4(CCC4)C3)C5)cc2C)cn1. The van der Waals surface area contributed by atoms with Crippen molar-refractivity contribution in [2.75, 3.05) is 38.1 Å². The van der Waals surface area contributed by atoms with Crippen LogP contribution < -0.4 is 10.1 Å². The summed E-state index contributed by atoms with van der Waals surface area (Å²) in [7, 11) is 0. The van der Waals surface area contributed by atoms with E-state index in [-0.39, 0.29) is 11.5 Å². The second kappa shape index (κ2) is 11.7. The van der Waals surface area contributed by atoms with Crippen molar-refractivity contribution in [1.29, 1.82) is 0 Å². The molecule has 1 saturated heterocycles. The lowest BCUT2D eigenvalue weighted by Crippen LogP contribution is -2.55. The van der Waals surface area contributed by atoms with Gasteiger partial charge in [-0.2, -0.15) is 0 Å². The molecular formula is C33H36N6O3S. The smallest absolute Gasteiger partial charge is 0.246 e. The largest absolute Gasteiger partial charge is 0.455 e. The van der Waals surface area contributed by atoms with E-state index in [0.29, 0.717) is 18.8 Å². The number of aromatic nitrogens is 3. The Morgan fingerprint density at radius 3 is 2.86 bits per heavy atom. The first kappa shape index (κ1) is 27.9. The van der Waals surface area contributed by atoms with Gasteiger partial charge < -0.3 is 19.7 Å². The van der Waals surface area contributed by atoms with E-state index < -0.39 is 0 Å². The van der Waals surface area contributed by atoms with Crippen molar-refractivity contribution in [3.63, 3.8) is 0 Å². The van der Waals surface area contributed by atoms with Crippen molar-refractivity contribution in [3.8, 4) is 11.5 Å². The number of anilines is 2. The number of benzene rings is 1. The van der Waals surface area contributed by atoms with E-state index in [9.17, 15) is 4.79 Å². The first-order valence-electron chi connectivity index (χ1n) is 15.0. The number of nitrogens with one attached hydrogen (secondary N) is 1. The van der Waals surface area contributed by atoms with E-state index >= 15 is 0 Å². The molecule has 3 aliphatic rings. The van der Waals surface area contributed by atoms with Gasteiger partial charge in [0.2, 0.25) is 5.91 Å². The zero-order valence-electron chi connectivity index (χ0n) is 24.6. The van der Waals surface area contributed by atoms with Crippen LogP contribution in [0.2, 0.25) is 0 Å². The van der Waals surface area contributed by atoms with Gasteiger partial charge in [-0.1, -0.05) is 6.08 Å². The highest BCUT2D eigenvalue weighted by Gasteiger charge is 2.41. The summed E-state index contributed by atoms with van der Waals surface area (Å²) < 4.78 is 12.1. The summed E-state index contributed by atoms with van der Waals surface area (Å²) in [5, 5.41) is 4.56. The molecule has 1 spiro atoms. The number of rotatable bonds is 7. The van der Waals surface area contributed by atoms with Crippen LogP contribution in [0.25, 0.3) is 10.2 Å². The standard InChI is InChI=1S/C33H36N6O3S/c1-22-17-24(7-9-27(22)42-25-8-6-23(2)34-18-25)37-31-30-26-10-14-39(19-28(26)43-32(30)36-21-35-31)29(40)5-3-13-38-15-16-41-33(20-38)11-4-12-33/h3,5-9,17-18,21H,4,10-16,19-20H2,1-2H3,(H,35,36,37)/b5-3+. The quantitative estimate of drug-likeness (QED) is 0.262. The molecule has 0 atom stereocenters. The molecule has 0 bridgehead atoms.